The Morgan fingerprint density at radius 1 is 1.35 bits per heavy atom. The minimum Gasteiger partial charge on any atom is -0.477 e. The summed E-state index contributed by atoms with van der Waals surface area (Å²) in [5, 5.41) is 8.80. The number of nitrogens with zero attached hydrogens (tertiary/aromatic N) is 2. The maximum absolute atomic E-state index is 14.0. The first kappa shape index (κ1) is 16.9. The van der Waals surface area contributed by atoms with Crippen LogP contribution in [0.4, 0.5) is 9.18 Å². The van der Waals surface area contributed by atoms with Gasteiger partial charge in [0.15, 0.2) is 5.69 Å². The molecule has 0 fully saturated rings. The highest BCUT2D eigenvalue weighted by atomic mass is 19.1. The molecule has 2 rings (SSSR count). The van der Waals surface area contributed by atoms with Crippen LogP contribution in [0, 0.1) is 5.95 Å². The van der Waals surface area contributed by atoms with Gasteiger partial charge in [-0.2, -0.15) is 4.39 Å². The number of carbonyl (C=O) groups excluding carboxylic acids is 1. The van der Waals surface area contributed by atoms with Gasteiger partial charge < -0.3 is 14.7 Å². The third kappa shape index (κ3) is 4.28. The van der Waals surface area contributed by atoms with E-state index in [-0.39, 0.29) is 11.3 Å². The van der Waals surface area contributed by atoms with Gasteiger partial charge in [0.25, 0.3) is 0 Å². The molecule has 6 nitrogen and oxygen atoms in total. The van der Waals surface area contributed by atoms with Gasteiger partial charge in [-0.3, -0.25) is 0 Å². The van der Waals surface area contributed by atoms with Crippen LogP contribution in [0.25, 0.3) is 5.57 Å². The lowest BCUT2D eigenvalue weighted by Crippen LogP contribution is -2.39. The Hall–Kier alpha value is -2.44. The summed E-state index contributed by atoms with van der Waals surface area (Å²) in [7, 11) is 0. The third-order valence-electron chi connectivity index (χ3n) is 3.27. The van der Waals surface area contributed by atoms with E-state index in [1.54, 1.807) is 26.8 Å². The summed E-state index contributed by atoms with van der Waals surface area (Å²) in [6.07, 6.45) is 1.77. The van der Waals surface area contributed by atoms with E-state index < -0.39 is 23.6 Å². The number of amides is 1. The van der Waals surface area contributed by atoms with E-state index in [0.29, 0.717) is 25.1 Å². The van der Waals surface area contributed by atoms with E-state index in [4.69, 9.17) is 9.84 Å². The Morgan fingerprint density at radius 3 is 2.52 bits per heavy atom. The second kappa shape index (κ2) is 6.36. The molecule has 7 heteroatoms. The molecule has 0 saturated heterocycles. The highest BCUT2D eigenvalue weighted by molar-refractivity contribution is 5.85. The second-order valence-electron chi connectivity index (χ2n) is 6.25. The first-order chi connectivity index (χ1) is 10.7. The van der Waals surface area contributed by atoms with Crippen molar-refractivity contribution in [1.82, 2.24) is 9.88 Å². The van der Waals surface area contributed by atoms with Gasteiger partial charge in [-0.05, 0) is 44.9 Å². The zero-order valence-electron chi connectivity index (χ0n) is 13.3. The molecule has 0 aliphatic carbocycles. The van der Waals surface area contributed by atoms with Crippen molar-refractivity contribution in [2.24, 2.45) is 0 Å². The number of aromatic carboxylic acids is 1. The predicted molar refractivity (Wildman–Crippen MR) is 81.6 cm³/mol. The van der Waals surface area contributed by atoms with Crippen LogP contribution in [0.15, 0.2) is 18.2 Å². The van der Waals surface area contributed by atoms with Crippen LogP contribution in [0.1, 0.15) is 43.2 Å². The SMILES string of the molecule is CC(C)(C)OC(=O)N1CC=C(c2ccc(C(=O)O)nc2F)CC1. The highest BCUT2D eigenvalue weighted by Gasteiger charge is 2.24. The molecule has 2 heterocycles. The van der Waals surface area contributed by atoms with Crippen molar-refractivity contribution >= 4 is 17.6 Å². The molecule has 124 valence electrons. The Labute approximate surface area is 133 Å². The number of hydrogen-bond acceptors (Lipinski definition) is 4. The highest BCUT2D eigenvalue weighted by Crippen LogP contribution is 2.25. The molecule has 0 atom stereocenters. The summed E-state index contributed by atoms with van der Waals surface area (Å²) in [4.78, 5) is 27.7. The summed E-state index contributed by atoms with van der Waals surface area (Å²) < 4.78 is 19.2. The van der Waals surface area contributed by atoms with E-state index in [0.717, 1.165) is 0 Å². The largest absolute Gasteiger partial charge is 0.477 e. The fourth-order valence-corrected chi connectivity index (χ4v) is 2.20. The first-order valence-electron chi connectivity index (χ1n) is 7.24. The van der Waals surface area contributed by atoms with E-state index >= 15 is 0 Å². The lowest BCUT2D eigenvalue weighted by Gasteiger charge is -2.29. The third-order valence-corrected chi connectivity index (χ3v) is 3.27. The van der Waals surface area contributed by atoms with Crippen molar-refractivity contribution in [2.45, 2.75) is 32.8 Å². The molecule has 1 aromatic rings. The lowest BCUT2D eigenvalue weighted by molar-refractivity contribution is 0.0270. The quantitative estimate of drug-likeness (QED) is 0.847. The molecule has 0 bridgehead atoms. The number of ether oxygens (including phenoxy) is 1. The molecule has 1 aliphatic rings. The summed E-state index contributed by atoms with van der Waals surface area (Å²) in [5.41, 5.74) is 0.0627. The van der Waals surface area contributed by atoms with Crippen molar-refractivity contribution in [3.05, 3.63) is 35.4 Å². The van der Waals surface area contributed by atoms with Crippen LogP contribution < -0.4 is 0 Å². The second-order valence-corrected chi connectivity index (χ2v) is 6.25. The van der Waals surface area contributed by atoms with E-state index in [1.165, 1.54) is 17.0 Å². The number of carbonyl (C=O) groups is 2. The summed E-state index contributed by atoms with van der Waals surface area (Å²) in [5.74, 6) is -2.09. The number of carboxylic acid groups (broad SMARTS) is 1. The van der Waals surface area contributed by atoms with E-state index in [9.17, 15) is 14.0 Å². The standard InChI is InChI=1S/C16H19FN2O4/c1-16(2,3)23-15(22)19-8-6-10(7-9-19)11-4-5-12(14(20)21)18-13(11)17/h4-6H,7-9H2,1-3H3,(H,20,21). The molecule has 1 amide bonds. The molecule has 0 aromatic carbocycles. The predicted octanol–water partition coefficient (Wildman–Crippen LogP) is 2.94. The molecule has 23 heavy (non-hydrogen) atoms. The first-order valence-corrected chi connectivity index (χ1v) is 7.24. The van der Waals surface area contributed by atoms with Gasteiger partial charge in [0.2, 0.25) is 5.95 Å². The van der Waals surface area contributed by atoms with Crippen LogP contribution >= 0.6 is 0 Å². The summed E-state index contributed by atoms with van der Waals surface area (Å²) in [6, 6.07) is 2.67. The van der Waals surface area contributed by atoms with Gasteiger partial charge in [-0.25, -0.2) is 14.6 Å². The fraction of sp³-hybridized carbons (Fsp3) is 0.438. The molecule has 1 aliphatic heterocycles. The lowest BCUT2D eigenvalue weighted by atomic mass is 10.0. The monoisotopic (exact) mass is 322 g/mol. The Balaban J connectivity index is 2.10. The number of pyridine rings is 1. The zero-order valence-corrected chi connectivity index (χ0v) is 13.3. The average molecular weight is 322 g/mol. The van der Waals surface area contributed by atoms with Crippen molar-refractivity contribution in [2.75, 3.05) is 13.1 Å². The minimum atomic E-state index is -1.27. The maximum atomic E-state index is 14.0. The van der Waals surface area contributed by atoms with Crippen molar-refractivity contribution in [1.29, 1.82) is 0 Å². The zero-order chi connectivity index (χ0) is 17.2. The minimum absolute atomic E-state index is 0.263. The van der Waals surface area contributed by atoms with Gasteiger partial charge >= 0.3 is 12.1 Å². The molecule has 0 saturated carbocycles. The Morgan fingerprint density at radius 2 is 2.04 bits per heavy atom. The number of aromatic nitrogens is 1. The molecule has 1 N–H and O–H groups in total. The maximum Gasteiger partial charge on any atom is 0.410 e. The van der Waals surface area contributed by atoms with E-state index in [1.807, 2.05) is 0 Å². The number of hydrogen-bond donors (Lipinski definition) is 1. The van der Waals surface area contributed by atoms with Crippen molar-refractivity contribution < 1.29 is 23.8 Å². The Bertz CT molecular complexity index is 665. The number of carboxylic acids is 1. The van der Waals surface area contributed by atoms with Gasteiger partial charge in [0.1, 0.15) is 5.60 Å². The normalized spacial score (nSPS) is 15.1. The molecule has 1 aromatic heterocycles. The number of halogens is 1. The summed E-state index contributed by atoms with van der Waals surface area (Å²) in [6.45, 7) is 6.09. The fourth-order valence-electron chi connectivity index (χ4n) is 2.20. The van der Waals surface area contributed by atoms with Gasteiger partial charge in [0, 0.05) is 18.7 Å². The van der Waals surface area contributed by atoms with Crippen molar-refractivity contribution in [3.8, 4) is 0 Å². The van der Waals surface area contributed by atoms with Crippen LogP contribution in [0.2, 0.25) is 0 Å². The van der Waals surface area contributed by atoms with Crippen LogP contribution in [0.5, 0.6) is 0 Å². The van der Waals surface area contributed by atoms with Crippen LogP contribution in [0.3, 0.4) is 0 Å². The molecule has 0 unspecified atom stereocenters. The Kier molecular flexibility index (Phi) is 4.68. The van der Waals surface area contributed by atoms with Crippen LogP contribution in [-0.4, -0.2) is 45.7 Å². The molecular formula is C16H19FN2O4. The molecular weight excluding hydrogens is 303 g/mol. The van der Waals surface area contributed by atoms with Gasteiger partial charge in [0.05, 0.1) is 0 Å². The topological polar surface area (TPSA) is 79.7 Å². The smallest absolute Gasteiger partial charge is 0.410 e. The molecule has 0 spiro atoms. The van der Waals surface area contributed by atoms with Crippen LogP contribution in [-0.2, 0) is 4.74 Å². The summed E-state index contributed by atoms with van der Waals surface area (Å²) >= 11 is 0. The van der Waals surface area contributed by atoms with Gasteiger partial charge in [-0.1, -0.05) is 6.08 Å². The van der Waals surface area contributed by atoms with Crippen molar-refractivity contribution in [3.63, 3.8) is 0 Å². The van der Waals surface area contributed by atoms with E-state index in [2.05, 4.69) is 4.98 Å². The molecule has 0 radical (unpaired) electrons. The van der Waals surface area contributed by atoms with Gasteiger partial charge in [-0.15, -0.1) is 0 Å². The average Bonchev–Trinajstić information content (AvgIpc) is 2.45. The number of rotatable bonds is 2.